The van der Waals surface area contributed by atoms with Crippen molar-refractivity contribution in [2.45, 2.75) is 59.9 Å². The van der Waals surface area contributed by atoms with E-state index in [4.69, 9.17) is 5.11 Å². The van der Waals surface area contributed by atoms with Crippen LogP contribution in [0.4, 0.5) is 96.6 Å². The van der Waals surface area contributed by atoms with Crippen molar-refractivity contribution in [3.05, 3.63) is 11.7 Å². The van der Waals surface area contributed by atoms with E-state index >= 15 is 0 Å². The molecule has 0 aromatic heterocycles. The van der Waals surface area contributed by atoms with Crippen molar-refractivity contribution in [2.24, 2.45) is 0 Å². The number of aliphatic carboxylic acids is 1. The van der Waals surface area contributed by atoms with Crippen LogP contribution in [0.5, 0.6) is 0 Å². The fraction of sp³-hybridized carbons (Fsp3) is 0.786. The molecule has 0 rings (SSSR count). The Labute approximate surface area is 197 Å². The molecule has 0 amide bonds. The van der Waals surface area contributed by atoms with Crippen LogP contribution in [0.2, 0.25) is 0 Å². The van der Waals surface area contributed by atoms with Crippen molar-refractivity contribution < 1.29 is 111 Å². The van der Waals surface area contributed by atoms with Gasteiger partial charge in [0, 0.05) is 0 Å². The van der Waals surface area contributed by atoms with Gasteiger partial charge in [0.1, 0.15) is 0 Å². The highest BCUT2D eigenvalue weighted by atomic mass is 19.4. The molecule has 0 unspecified atom stereocenters. The zero-order chi connectivity index (χ0) is 32.2. The maximum Gasteiger partial charge on any atom is 0.426 e. The molecule has 0 atom stereocenters. The smallest absolute Gasteiger partial charge is 0.426 e. The number of carbonyl (C=O) groups is 1. The molecule has 0 radical (unpaired) electrons. The molecule has 0 aliphatic carbocycles. The summed E-state index contributed by atoms with van der Waals surface area (Å²) < 4.78 is 293. The summed E-state index contributed by atoms with van der Waals surface area (Å²) in [5.74, 6) is -83.3. The summed E-state index contributed by atoms with van der Waals surface area (Å²) in [5.41, 5.74) is 0. The van der Waals surface area contributed by atoms with Crippen molar-refractivity contribution in [1.29, 1.82) is 0 Å². The summed E-state index contributed by atoms with van der Waals surface area (Å²) in [6, 6.07) is 0. The second kappa shape index (κ2) is 9.92. The SMILES string of the molecule is O=C(O)COC(F)(F)C(F)(F)C(F)(F)C(F)(F)C(F)(F)C(F)(F)C(F)(F)C(F)(F)C(F)(F)C(F)=C(F)C(F)F. The second-order valence-corrected chi connectivity index (χ2v) is 6.76. The molecule has 0 aromatic carbocycles. The zero-order valence-electron chi connectivity index (χ0n) is 16.9. The average molecular weight is 638 g/mol. The summed E-state index contributed by atoms with van der Waals surface area (Å²) >= 11 is 0. The molecule has 0 spiro atoms. The molecule has 0 fully saturated rings. The molecule has 0 bridgehead atoms. The predicted molar refractivity (Wildman–Crippen MR) is 73.4 cm³/mol. The van der Waals surface area contributed by atoms with Crippen LogP contribution in [0.1, 0.15) is 0 Å². The Kier molecular flexibility index (Phi) is 9.32. The van der Waals surface area contributed by atoms with E-state index in [1.807, 2.05) is 0 Å². The van der Waals surface area contributed by atoms with Crippen LogP contribution >= 0.6 is 0 Å². The standard InChI is InChI=1S/C14H4F22O3/c15-3(5(17)18)4(16)6(19,20)7(21,22)8(23,24)9(25,26)10(27,28)11(29,30)12(31,32)13(33,34)14(35,36)39-1-2(37)38/h5H,1H2,(H,37,38). The van der Waals surface area contributed by atoms with Crippen LogP contribution < -0.4 is 0 Å². The first-order valence-corrected chi connectivity index (χ1v) is 8.28. The van der Waals surface area contributed by atoms with E-state index in [0.29, 0.717) is 0 Å². The van der Waals surface area contributed by atoms with Crippen LogP contribution in [0.25, 0.3) is 0 Å². The van der Waals surface area contributed by atoms with Gasteiger partial charge in [0.05, 0.1) is 0 Å². The lowest BCUT2D eigenvalue weighted by Gasteiger charge is -2.44. The monoisotopic (exact) mass is 638 g/mol. The first-order chi connectivity index (χ1) is 16.7. The fourth-order valence-electron chi connectivity index (χ4n) is 1.99. The highest BCUT2D eigenvalue weighted by Crippen LogP contribution is 2.65. The molecule has 0 aliphatic rings. The van der Waals surface area contributed by atoms with Crippen LogP contribution in [0, 0.1) is 0 Å². The van der Waals surface area contributed by atoms with Crippen molar-refractivity contribution in [3.63, 3.8) is 0 Å². The molecule has 0 aliphatic heterocycles. The van der Waals surface area contributed by atoms with Gasteiger partial charge in [0.2, 0.25) is 11.7 Å². The molecule has 0 heterocycles. The first-order valence-electron chi connectivity index (χ1n) is 8.28. The molecule has 0 aromatic rings. The van der Waals surface area contributed by atoms with Gasteiger partial charge in [-0.15, -0.1) is 0 Å². The van der Waals surface area contributed by atoms with Gasteiger partial charge < -0.3 is 9.84 Å². The highest BCUT2D eigenvalue weighted by Gasteiger charge is 2.97. The molecule has 25 heteroatoms. The van der Waals surface area contributed by atoms with Gasteiger partial charge in [-0.25, -0.2) is 22.4 Å². The summed E-state index contributed by atoms with van der Waals surface area (Å²) in [6.45, 7) is -2.86. The quantitative estimate of drug-likeness (QED) is 0.218. The van der Waals surface area contributed by atoms with Gasteiger partial charge in [-0.05, 0) is 0 Å². The third-order valence-electron chi connectivity index (χ3n) is 4.18. The normalized spacial score (nSPS) is 16.5. The fourth-order valence-corrected chi connectivity index (χ4v) is 1.99. The molecule has 0 saturated heterocycles. The molecular weight excluding hydrogens is 634 g/mol. The Balaban J connectivity index is 7.10. The van der Waals surface area contributed by atoms with Crippen molar-refractivity contribution in [1.82, 2.24) is 0 Å². The second-order valence-electron chi connectivity index (χ2n) is 6.76. The summed E-state index contributed by atoms with van der Waals surface area (Å²) in [6.07, 6.45) is -12.7. The first kappa shape index (κ1) is 36.6. The lowest BCUT2D eigenvalue weighted by molar-refractivity contribution is -0.476. The summed E-state index contributed by atoms with van der Waals surface area (Å²) in [7, 11) is 0. The molecule has 0 saturated carbocycles. The van der Waals surface area contributed by atoms with E-state index in [2.05, 4.69) is 4.74 Å². The Morgan fingerprint density at radius 1 is 0.564 bits per heavy atom. The number of hydrogen-bond donors (Lipinski definition) is 1. The Bertz CT molecular complexity index is 950. The van der Waals surface area contributed by atoms with Gasteiger partial charge in [-0.1, -0.05) is 0 Å². The minimum absolute atomic E-state index is 2.23. The number of carboxylic acids is 1. The van der Waals surface area contributed by atoms with Gasteiger partial charge in [0.25, 0.3) is 6.43 Å². The minimum atomic E-state index is -9.28. The van der Waals surface area contributed by atoms with Gasteiger partial charge in [-0.2, -0.15) is 79.0 Å². The van der Waals surface area contributed by atoms with Crippen LogP contribution in [0.3, 0.4) is 0 Å². The predicted octanol–water partition coefficient (Wildman–Crippen LogP) is 7.18. The van der Waals surface area contributed by atoms with E-state index in [1.165, 1.54) is 0 Å². The largest absolute Gasteiger partial charge is 0.480 e. The van der Waals surface area contributed by atoms with E-state index < -0.39 is 84.1 Å². The number of hydrogen-bond acceptors (Lipinski definition) is 2. The Hall–Kier alpha value is -2.37. The average Bonchev–Trinajstić information content (AvgIpc) is 2.75. The maximum atomic E-state index is 13.6. The molecule has 3 nitrogen and oxygen atoms in total. The topological polar surface area (TPSA) is 46.5 Å². The van der Waals surface area contributed by atoms with Crippen molar-refractivity contribution in [3.8, 4) is 0 Å². The Morgan fingerprint density at radius 3 is 1.13 bits per heavy atom. The number of halogens is 22. The number of carboxylic acid groups (broad SMARTS) is 1. The van der Waals surface area contributed by atoms with E-state index in [-0.39, 0.29) is 0 Å². The van der Waals surface area contributed by atoms with Crippen molar-refractivity contribution in [2.75, 3.05) is 6.61 Å². The third-order valence-corrected chi connectivity index (χ3v) is 4.18. The number of alkyl halides is 20. The van der Waals surface area contributed by atoms with Gasteiger partial charge >= 0.3 is 59.5 Å². The number of rotatable bonds is 13. The number of allylic oxidation sites excluding steroid dienone is 2. The van der Waals surface area contributed by atoms with Crippen molar-refractivity contribution >= 4 is 5.97 Å². The Morgan fingerprint density at radius 2 is 0.846 bits per heavy atom. The summed E-state index contributed by atoms with van der Waals surface area (Å²) in [4.78, 5) is 9.95. The third kappa shape index (κ3) is 5.02. The minimum Gasteiger partial charge on any atom is -0.480 e. The number of ether oxygens (including phenoxy) is 1. The summed E-state index contributed by atoms with van der Waals surface area (Å²) in [5, 5.41) is 7.91. The molecular formula is C14H4F22O3. The van der Waals surface area contributed by atoms with Crippen LogP contribution in [-0.2, 0) is 9.53 Å². The van der Waals surface area contributed by atoms with E-state index in [1.54, 1.807) is 0 Å². The molecule has 39 heavy (non-hydrogen) atoms. The molecule has 1 N–H and O–H groups in total. The van der Waals surface area contributed by atoms with Gasteiger partial charge in [0.15, 0.2) is 6.61 Å². The molecule has 232 valence electrons. The van der Waals surface area contributed by atoms with E-state index in [9.17, 15) is 101 Å². The van der Waals surface area contributed by atoms with Crippen LogP contribution in [-0.4, -0.2) is 77.6 Å². The zero-order valence-corrected chi connectivity index (χ0v) is 16.9. The lowest BCUT2D eigenvalue weighted by Crippen LogP contribution is -2.76. The van der Waals surface area contributed by atoms with E-state index in [0.717, 1.165) is 0 Å². The van der Waals surface area contributed by atoms with Crippen LogP contribution in [0.15, 0.2) is 11.7 Å². The lowest BCUT2D eigenvalue weighted by atomic mass is 9.87. The maximum absolute atomic E-state index is 13.6. The van der Waals surface area contributed by atoms with Gasteiger partial charge in [-0.3, -0.25) is 0 Å². The highest BCUT2D eigenvalue weighted by molar-refractivity contribution is 5.68.